The predicted molar refractivity (Wildman–Crippen MR) is 124 cm³/mol. The second kappa shape index (κ2) is 9.85. The van der Waals surface area contributed by atoms with Gasteiger partial charge in [-0.3, -0.25) is 9.69 Å². The summed E-state index contributed by atoms with van der Waals surface area (Å²) in [4.78, 5) is 31.2. The number of nitrogens with zero attached hydrogens (tertiary/aromatic N) is 2. The number of para-hydroxylation sites is 1. The number of methoxy groups -OCH3 is 1. The molecule has 1 aliphatic heterocycles. The van der Waals surface area contributed by atoms with Crippen LogP contribution in [0.4, 0.5) is 0 Å². The fraction of sp³-hybridized carbons (Fsp3) is 0.389. The number of aromatic nitrogens is 1. The molecule has 162 valence electrons. The minimum Gasteiger partial charge on any atom is -0.456 e. The van der Waals surface area contributed by atoms with Gasteiger partial charge in [-0.1, -0.05) is 57.7 Å². The van der Waals surface area contributed by atoms with Crippen LogP contribution in [0.25, 0.3) is 10.2 Å². The Bertz CT molecular complexity index is 955. The fourth-order valence-electron chi connectivity index (χ4n) is 2.72. The first-order valence-electron chi connectivity index (χ1n) is 8.58. The molecule has 2 heterocycles. The molecular weight excluding hydrogens is 511 g/mol. The Kier molecular flexibility index (Phi) is 7.87. The van der Waals surface area contributed by atoms with Gasteiger partial charge in [0.05, 0.1) is 10.2 Å². The highest BCUT2D eigenvalue weighted by Crippen LogP contribution is 2.46. The quantitative estimate of drug-likeness (QED) is 0.156. The number of carbonyl (C=O) groups excluding carboxylic acids is 2. The Labute approximate surface area is 200 Å². The number of allylic oxidation sites excluding steroid dienone is 1. The van der Waals surface area contributed by atoms with E-state index in [0.717, 1.165) is 14.6 Å². The van der Waals surface area contributed by atoms with Crippen molar-refractivity contribution >= 4 is 89.8 Å². The molecular formula is C18H17Cl3N2O4S3. The van der Waals surface area contributed by atoms with Gasteiger partial charge < -0.3 is 9.47 Å². The van der Waals surface area contributed by atoms with Gasteiger partial charge in [-0.15, -0.1) is 11.3 Å². The first-order chi connectivity index (χ1) is 14.1. The van der Waals surface area contributed by atoms with Gasteiger partial charge in [0.1, 0.15) is 17.7 Å². The lowest BCUT2D eigenvalue weighted by molar-refractivity contribution is -0.163. The number of likely N-dealkylation sites (tertiary alicyclic amines) is 1. The summed E-state index contributed by atoms with van der Waals surface area (Å²) in [5, 5.41) is -0.440. The van der Waals surface area contributed by atoms with Crippen LogP contribution >= 0.6 is 67.7 Å². The van der Waals surface area contributed by atoms with E-state index in [1.807, 2.05) is 24.3 Å². The van der Waals surface area contributed by atoms with E-state index in [4.69, 9.17) is 44.3 Å². The van der Waals surface area contributed by atoms with Gasteiger partial charge in [0.25, 0.3) is 5.91 Å². The summed E-state index contributed by atoms with van der Waals surface area (Å²) >= 11 is 18.6. The third-order valence-corrected chi connectivity index (χ3v) is 8.33. The van der Waals surface area contributed by atoms with Crippen LogP contribution in [0, 0.1) is 0 Å². The molecule has 30 heavy (non-hydrogen) atoms. The van der Waals surface area contributed by atoms with Crippen LogP contribution < -0.4 is 0 Å². The number of β-lactam (4-membered cyclic amide) rings is 1. The molecule has 1 aromatic carbocycles. The number of fused-ring (bicyclic) bond motifs is 1. The zero-order chi connectivity index (χ0) is 22.1. The highest BCUT2D eigenvalue weighted by atomic mass is 35.6. The summed E-state index contributed by atoms with van der Waals surface area (Å²) in [6, 6.07) is 7.83. The molecule has 1 fully saturated rings. The van der Waals surface area contributed by atoms with Gasteiger partial charge in [0.2, 0.25) is 3.79 Å². The molecule has 12 heteroatoms. The maximum Gasteiger partial charge on any atom is 0.355 e. The summed E-state index contributed by atoms with van der Waals surface area (Å²) in [5.74, 6) is -1.07. The van der Waals surface area contributed by atoms with E-state index >= 15 is 0 Å². The van der Waals surface area contributed by atoms with E-state index in [1.54, 1.807) is 25.2 Å². The average molecular weight is 528 g/mol. The number of amides is 1. The molecule has 0 radical (unpaired) electrons. The number of benzene rings is 1. The predicted octanol–water partition coefficient (Wildman–Crippen LogP) is 5.43. The van der Waals surface area contributed by atoms with E-state index in [0.29, 0.717) is 5.57 Å². The maximum absolute atomic E-state index is 12.7. The Morgan fingerprint density at radius 2 is 2.00 bits per heavy atom. The molecule has 0 aliphatic carbocycles. The number of alkyl halides is 3. The van der Waals surface area contributed by atoms with Crippen molar-refractivity contribution < 1.29 is 19.1 Å². The molecule has 1 aliphatic rings. The van der Waals surface area contributed by atoms with Gasteiger partial charge >= 0.3 is 5.97 Å². The Hall–Kier alpha value is -0.680. The molecule has 1 amide bonds. The van der Waals surface area contributed by atoms with Gasteiger partial charge in [0.15, 0.2) is 10.4 Å². The highest BCUT2D eigenvalue weighted by Gasteiger charge is 2.52. The third-order valence-electron chi connectivity index (χ3n) is 4.02. The standard InChI is InChI=1S/C18H17Cl3N2O4S3/c1-9(2)12(16(25)27-8-18(19,20)21)23-14(24)13(26-3)15(23)29-30-17-22-10-6-4-5-7-11(10)28-17/h4-7,13,15H,8H2,1-3H3/t13-,15+/m0/s1. The molecule has 6 nitrogen and oxygen atoms in total. The van der Waals surface area contributed by atoms with Crippen LogP contribution in [0.1, 0.15) is 13.8 Å². The van der Waals surface area contributed by atoms with E-state index < -0.39 is 27.8 Å². The van der Waals surface area contributed by atoms with Gasteiger partial charge in [-0.25, -0.2) is 9.78 Å². The second-order valence-corrected chi connectivity index (χ2v) is 12.5. The SMILES string of the molecule is CO[C@H]1C(=O)N(C(C(=O)OCC(Cl)(Cl)Cl)=C(C)C)[C@@H]1SSc1nc2ccccc2s1. The number of hydrogen-bond donors (Lipinski definition) is 0. The summed E-state index contributed by atoms with van der Waals surface area (Å²) in [6.45, 7) is 2.99. The molecule has 0 unspecified atom stereocenters. The Morgan fingerprint density at radius 3 is 2.60 bits per heavy atom. The van der Waals surface area contributed by atoms with Crippen molar-refractivity contribution in [1.82, 2.24) is 9.88 Å². The van der Waals surface area contributed by atoms with Gasteiger partial charge in [0, 0.05) is 7.11 Å². The van der Waals surface area contributed by atoms with Crippen molar-refractivity contribution in [3.05, 3.63) is 35.5 Å². The van der Waals surface area contributed by atoms with Crippen LogP contribution in [0.3, 0.4) is 0 Å². The van der Waals surface area contributed by atoms with E-state index in [1.165, 1.54) is 33.6 Å². The minimum absolute atomic E-state index is 0.116. The zero-order valence-corrected chi connectivity index (χ0v) is 20.8. The summed E-state index contributed by atoms with van der Waals surface area (Å²) in [6.07, 6.45) is -0.688. The van der Waals surface area contributed by atoms with Crippen molar-refractivity contribution in [3.63, 3.8) is 0 Å². The normalized spacial score (nSPS) is 19.0. The smallest absolute Gasteiger partial charge is 0.355 e. The first-order valence-corrected chi connectivity index (χ1v) is 12.7. The lowest BCUT2D eigenvalue weighted by Gasteiger charge is -2.45. The number of esters is 1. The monoisotopic (exact) mass is 526 g/mol. The molecule has 2 atom stereocenters. The molecule has 1 aromatic heterocycles. The maximum atomic E-state index is 12.7. The van der Waals surface area contributed by atoms with Gasteiger partial charge in [-0.2, -0.15) is 0 Å². The number of hydrogen-bond acceptors (Lipinski definition) is 8. The molecule has 3 rings (SSSR count). The molecule has 0 N–H and O–H groups in total. The van der Waals surface area contributed by atoms with Crippen LogP contribution in [0.2, 0.25) is 0 Å². The number of thiazole rings is 1. The number of rotatable bonds is 7. The molecule has 0 spiro atoms. The summed E-state index contributed by atoms with van der Waals surface area (Å²) in [5.41, 5.74) is 1.63. The lowest BCUT2D eigenvalue weighted by atomic mass is 10.1. The van der Waals surface area contributed by atoms with Crippen LogP contribution in [-0.2, 0) is 19.1 Å². The summed E-state index contributed by atoms with van der Waals surface area (Å²) < 4.78 is 10.6. The number of halogens is 3. The van der Waals surface area contributed by atoms with Crippen molar-refractivity contribution in [1.29, 1.82) is 0 Å². The largest absolute Gasteiger partial charge is 0.456 e. The molecule has 1 saturated heterocycles. The third kappa shape index (κ3) is 5.38. The van der Waals surface area contributed by atoms with E-state index in [2.05, 4.69) is 4.98 Å². The van der Waals surface area contributed by atoms with Crippen LogP contribution in [0.5, 0.6) is 0 Å². The van der Waals surface area contributed by atoms with Gasteiger partial charge in [-0.05, 0) is 42.3 Å². The first kappa shape index (κ1) is 24.0. The van der Waals surface area contributed by atoms with Crippen LogP contribution in [0.15, 0.2) is 39.9 Å². The van der Waals surface area contributed by atoms with E-state index in [9.17, 15) is 9.59 Å². The Morgan fingerprint density at radius 1 is 1.30 bits per heavy atom. The average Bonchev–Trinajstić information content (AvgIpc) is 3.09. The number of carbonyl (C=O) groups is 2. The van der Waals surface area contributed by atoms with Crippen molar-refractivity contribution in [3.8, 4) is 0 Å². The van der Waals surface area contributed by atoms with E-state index in [-0.39, 0.29) is 11.6 Å². The highest BCUT2D eigenvalue weighted by molar-refractivity contribution is 8.77. The van der Waals surface area contributed by atoms with Crippen LogP contribution in [-0.4, -0.2) is 50.7 Å². The zero-order valence-electron chi connectivity index (χ0n) is 16.1. The van der Waals surface area contributed by atoms with Crippen molar-refractivity contribution in [2.24, 2.45) is 0 Å². The van der Waals surface area contributed by atoms with Crippen molar-refractivity contribution in [2.45, 2.75) is 33.5 Å². The molecule has 0 bridgehead atoms. The topological polar surface area (TPSA) is 68.7 Å². The second-order valence-electron chi connectivity index (χ2n) is 6.42. The summed E-state index contributed by atoms with van der Waals surface area (Å²) in [7, 11) is 4.27. The van der Waals surface area contributed by atoms with Crippen molar-refractivity contribution in [2.75, 3.05) is 13.7 Å². The lowest BCUT2D eigenvalue weighted by Crippen LogP contribution is -2.64. The number of ether oxygens (including phenoxy) is 2. The minimum atomic E-state index is -1.74. The molecule has 2 aromatic rings. The fourth-order valence-corrected chi connectivity index (χ4v) is 6.80. The molecule has 0 saturated carbocycles. The Balaban J connectivity index is 1.76.